The van der Waals surface area contributed by atoms with Gasteiger partial charge in [-0.1, -0.05) is 18.3 Å². The van der Waals surface area contributed by atoms with E-state index >= 15 is 0 Å². The van der Waals surface area contributed by atoms with Crippen molar-refractivity contribution in [3.8, 4) is 5.75 Å². The number of hydrogen-bond acceptors (Lipinski definition) is 5. The van der Waals surface area contributed by atoms with Gasteiger partial charge in [0.25, 0.3) is 5.69 Å². The van der Waals surface area contributed by atoms with E-state index in [0.717, 1.165) is 0 Å². The fourth-order valence-electron chi connectivity index (χ4n) is 2.29. The van der Waals surface area contributed by atoms with E-state index in [-0.39, 0.29) is 5.69 Å². The van der Waals surface area contributed by atoms with Crippen LogP contribution in [0, 0.1) is 14.8 Å². The largest absolute Gasteiger partial charge is 0.466 e. The lowest BCUT2D eigenvalue weighted by atomic mass is 10.1. The Morgan fingerprint density at radius 1 is 1.32 bits per heavy atom. The molecule has 22 heavy (non-hydrogen) atoms. The molecule has 6 nitrogen and oxygen atoms in total. The average molecular weight is 315 g/mol. The van der Waals surface area contributed by atoms with Gasteiger partial charge in [0.1, 0.15) is 16.2 Å². The van der Waals surface area contributed by atoms with E-state index in [1.54, 1.807) is 22.9 Å². The van der Waals surface area contributed by atoms with Crippen LogP contribution in [0.2, 0.25) is 0 Å². The summed E-state index contributed by atoms with van der Waals surface area (Å²) in [5, 5.41) is 11.0. The quantitative estimate of drug-likeness (QED) is 0.458. The average Bonchev–Trinajstić information content (AvgIpc) is 2.45. The van der Waals surface area contributed by atoms with Gasteiger partial charge in [0.15, 0.2) is 5.72 Å². The van der Waals surface area contributed by atoms with Crippen molar-refractivity contribution in [1.82, 2.24) is 4.57 Å². The van der Waals surface area contributed by atoms with Crippen LogP contribution in [0.5, 0.6) is 5.75 Å². The van der Waals surface area contributed by atoms with Gasteiger partial charge in [-0.3, -0.25) is 14.7 Å². The Balaban J connectivity index is 2.27. The number of ether oxygens (including phenoxy) is 1. The second kappa shape index (κ2) is 5.03. The van der Waals surface area contributed by atoms with Gasteiger partial charge in [-0.25, -0.2) is 4.99 Å². The summed E-state index contributed by atoms with van der Waals surface area (Å²) in [6, 6.07) is 9.91. The van der Waals surface area contributed by atoms with Crippen LogP contribution in [0.15, 0.2) is 47.6 Å². The number of benzene rings is 1. The molecule has 112 valence electrons. The first-order valence-corrected chi connectivity index (χ1v) is 7.04. The number of fused-ring (bicyclic) bond motifs is 1. The van der Waals surface area contributed by atoms with Crippen LogP contribution in [-0.2, 0) is 0 Å². The first kappa shape index (κ1) is 14.4. The molecule has 0 saturated carbocycles. The minimum atomic E-state index is -0.775. The summed E-state index contributed by atoms with van der Waals surface area (Å²) in [4.78, 5) is 15.1. The van der Waals surface area contributed by atoms with E-state index in [4.69, 9.17) is 17.0 Å². The number of aromatic nitrogens is 1. The van der Waals surface area contributed by atoms with Gasteiger partial charge in [-0.15, -0.1) is 0 Å². The van der Waals surface area contributed by atoms with Crippen molar-refractivity contribution in [3.05, 3.63) is 62.9 Å². The molecule has 2 heterocycles. The summed E-state index contributed by atoms with van der Waals surface area (Å²) < 4.78 is 8.08. The first-order chi connectivity index (χ1) is 10.4. The monoisotopic (exact) mass is 315 g/mol. The SMILES string of the molecule is CC1(C)N=C(n2ccccc2=S)c2cc([N+](=O)[O-])ccc2O1. The van der Waals surface area contributed by atoms with Crippen LogP contribution in [0.1, 0.15) is 19.4 Å². The van der Waals surface area contributed by atoms with E-state index in [1.807, 2.05) is 26.0 Å². The maximum atomic E-state index is 11.0. The molecule has 0 atom stereocenters. The highest BCUT2D eigenvalue weighted by Crippen LogP contribution is 2.33. The molecular formula is C15H13N3O3S. The molecule has 0 aliphatic carbocycles. The smallest absolute Gasteiger partial charge is 0.270 e. The van der Waals surface area contributed by atoms with E-state index in [0.29, 0.717) is 21.8 Å². The molecule has 0 radical (unpaired) electrons. The molecule has 1 aromatic heterocycles. The summed E-state index contributed by atoms with van der Waals surface area (Å²) >= 11 is 5.33. The van der Waals surface area contributed by atoms with Crippen molar-refractivity contribution in [2.75, 3.05) is 0 Å². The molecule has 1 aliphatic heterocycles. The van der Waals surface area contributed by atoms with Crippen molar-refractivity contribution >= 4 is 23.7 Å². The Bertz CT molecular complexity index is 855. The fourth-order valence-corrected chi connectivity index (χ4v) is 2.51. The minimum Gasteiger partial charge on any atom is -0.466 e. The normalized spacial score (nSPS) is 15.5. The summed E-state index contributed by atoms with van der Waals surface area (Å²) in [5.41, 5.74) is -0.240. The standard InChI is InChI=1S/C15H13N3O3S/c1-15(2)16-14(17-8-4-3-5-13(17)22)11-9-10(18(19)20)6-7-12(11)21-15/h3-9H,1-2H3. The molecule has 0 fully saturated rings. The molecule has 3 rings (SSSR count). The Morgan fingerprint density at radius 2 is 2.09 bits per heavy atom. The summed E-state index contributed by atoms with van der Waals surface area (Å²) in [6.45, 7) is 3.65. The number of aliphatic imine (C=N–C) groups is 1. The minimum absolute atomic E-state index is 0.0165. The zero-order valence-corrected chi connectivity index (χ0v) is 12.8. The number of nitro groups is 1. The van der Waals surface area contributed by atoms with Gasteiger partial charge < -0.3 is 4.74 Å². The second-order valence-electron chi connectivity index (χ2n) is 5.33. The van der Waals surface area contributed by atoms with Crippen molar-refractivity contribution < 1.29 is 9.66 Å². The van der Waals surface area contributed by atoms with E-state index in [2.05, 4.69) is 4.99 Å². The van der Waals surface area contributed by atoms with Crippen molar-refractivity contribution in [2.24, 2.45) is 4.99 Å². The van der Waals surface area contributed by atoms with Crippen LogP contribution in [0.3, 0.4) is 0 Å². The van der Waals surface area contributed by atoms with Crippen LogP contribution >= 0.6 is 12.2 Å². The molecule has 0 N–H and O–H groups in total. The highest BCUT2D eigenvalue weighted by atomic mass is 32.1. The van der Waals surface area contributed by atoms with Gasteiger partial charge in [0, 0.05) is 18.3 Å². The molecule has 0 bridgehead atoms. The maximum Gasteiger partial charge on any atom is 0.270 e. The predicted molar refractivity (Wildman–Crippen MR) is 85.0 cm³/mol. The number of nitro benzene ring substituents is 1. The summed E-state index contributed by atoms with van der Waals surface area (Å²) in [7, 11) is 0. The number of rotatable bonds is 1. The molecule has 0 unspecified atom stereocenters. The molecule has 0 saturated heterocycles. The lowest BCUT2D eigenvalue weighted by Gasteiger charge is -2.30. The van der Waals surface area contributed by atoms with Gasteiger partial charge in [0.05, 0.1) is 10.5 Å². The molecule has 1 aromatic carbocycles. The summed E-state index contributed by atoms with van der Waals surface area (Å²) in [6.07, 6.45) is 1.78. The van der Waals surface area contributed by atoms with Crippen LogP contribution < -0.4 is 4.74 Å². The zero-order chi connectivity index (χ0) is 15.9. The van der Waals surface area contributed by atoms with Crippen molar-refractivity contribution in [2.45, 2.75) is 19.6 Å². The maximum absolute atomic E-state index is 11.0. The van der Waals surface area contributed by atoms with Gasteiger partial charge in [-0.2, -0.15) is 0 Å². The van der Waals surface area contributed by atoms with Crippen molar-refractivity contribution in [3.63, 3.8) is 0 Å². The lowest BCUT2D eigenvalue weighted by molar-refractivity contribution is -0.384. The molecule has 1 aliphatic rings. The third-order valence-electron chi connectivity index (χ3n) is 3.20. The molecule has 0 spiro atoms. The number of nitrogens with zero attached hydrogens (tertiary/aromatic N) is 3. The van der Waals surface area contributed by atoms with E-state index < -0.39 is 10.6 Å². The molecular weight excluding hydrogens is 302 g/mol. The van der Waals surface area contributed by atoms with Gasteiger partial charge >= 0.3 is 0 Å². The third kappa shape index (κ3) is 2.50. The lowest BCUT2D eigenvalue weighted by Crippen LogP contribution is -2.34. The number of non-ortho nitro benzene ring substituents is 1. The third-order valence-corrected chi connectivity index (χ3v) is 3.53. The second-order valence-corrected chi connectivity index (χ2v) is 5.75. The Labute approximate surface area is 131 Å². The van der Waals surface area contributed by atoms with Crippen LogP contribution in [-0.4, -0.2) is 21.1 Å². The first-order valence-electron chi connectivity index (χ1n) is 6.63. The molecule has 0 amide bonds. The Hall–Kier alpha value is -2.54. The summed E-state index contributed by atoms with van der Waals surface area (Å²) in [5.74, 6) is 1.09. The highest BCUT2D eigenvalue weighted by Gasteiger charge is 2.30. The van der Waals surface area contributed by atoms with E-state index in [9.17, 15) is 10.1 Å². The zero-order valence-electron chi connectivity index (χ0n) is 12.0. The predicted octanol–water partition coefficient (Wildman–Crippen LogP) is 3.55. The van der Waals surface area contributed by atoms with Gasteiger partial charge in [-0.05, 0) is 32.0 Å². The Morgan fingerprint density at radius 3 is 2.77 bits per heavy atom. The molecule has 7 heteroatoms. The van der Waals surface area contributed by atoms with Crippen LogP contribution in [0.4, 0.5) is 5.69 Å². The highest BCUT2D eigenvalue weighted by molar-refractivity contribution is 7.71. The number of pyridine rings is 1. The van der Waals surface area contributed by atoms with Crippen molar-refractivity contribution in [1.29, 1.82) is 0 Å². The Kier molecular flexibility index (Phi) is 3.29. The van der Waals surface area contributed by atoms with Crippen LogP contribution in [0.25, 0.3) is 0 Å². The fraction of sp³-hybridized carbons (Fsp3) is 0.200. The van der Waals surface area contributed by atoms with E-state index in [1.165, 1.54) is 12.1 Å². The van der Waals surface area contributed by atoms with Gasteiger partial charge in [0.2, 0.25) is 0 Å². The topological polar surface area (TPSA) is 69.7 Å². The number of hydrogen-bond donors (Lipinski definition) is 0. The molecule has 2 aromatic rings.